The zero-order chi connectivity index (χ0) is 23.4. The van der Waals surface area contributed by atoms with E-state index >= 15 is 0 Å². The first-order valence-electron chi connectivity index (χ1n) is 10.5. The molecule has 1 heterocycles. The van der Waals surface area contributed by atoms with E-state index in [1.54, 1.807) is 44.2 Å². The quantitative estimate of drug-likeness (QED) is 0.316. The number of esters is 1. The highest BCUT2D eigenvalue weighted by atomic mass is 35.5. The molecule has 0 unspecified atom stereocenters. The lowest BCUT2D eigenvalue weighted by molar-refractivity contribution is -0.138. The molecule has 4 rings (SSSR count). The van der Waals surface area contributed by atoms with Crippen LogP contribution in [0.2, 0.25) is 5.02 Å². The monoisotopic (exact) mass is 459 g/mol. The molecule has 1 amide bonds. The zero-order valence-corrected chi connectivity index (χ0v) is 19.0. The average molecular weight is 460 g/mol. The van der Waals surface area contributed by atoms with Gasteiger partial charge in [-0.2, -0.15) is 0 Å². The fourth-order valence-corrected chi connectivity index (χ4v) is 3.77. The lowest BCUT2D eigenvalue weighted by atomic mass is 10.0. The molecule has 1 aliphatic heterocycles. The standard InChI is InChI=1S/C27H22ClNO4/c1-3-32-27(31)25-18(2)29(21-14-12-20(28)13-15-21)26(30)24(25)17-19-8-7-11-23(16-19)33-22-9-5-4-6-10-22/h4-17H,3H2,1-2H3/b24-17-. The van der Waals surface area contributed by atoms with Gasteiger partial charge in [0, 0.05) is 16.4 Å². The van der Waals surface area contributed by atoms with E-state index in [9.17, 15) is 9.59 Å². The summed E-state index contributed by atoms with van der Waals surface area (Å²) in [5, 5.41) is 0.559. The third-order valence-corrected chi connectivity index (χ3v) is 5.36. The molecule has 0 spiro atoms. The Hall–Kier alpha value is -3.83. The second kappa shape index (κ2) is 9.76. The van der Waals surface area contributed by atoms with Crippen molar-refractivity contribution in [3.05, 3.63) is 106 Å². The normalized spacial score (nSPS) is 14.7. The van der Waals surface area contributed by atoms with E-state index in [1.807, 2.05) is 54.6 Å². The predicted octanol–water partition coefficient (Wildman–Crippen LogP) is 6.40. The van der Waals surface area contributed by atoms with Crippen LogP contribution in [0.1, 0.15) is 19.4 Å². The Bertz CT molecular complexity index is 1250. The molecule has 0 bridgehead atoms. The summed E-state index contributed by atoms with van der Waals surface area (Å²) in [6, 6.07) is 23.6. The second-order valence-corrected chi connectivity index (χ2v) is 7.78. The van der Waals surface area contributed by atoms with E-state index in [4.69, 9.17) is 21.1 Å². The number of benzene rings is 3. The molecule has 0 saturated carbocycles. The minimum atomic E-state index is -0.539. The molecule has 6 heteroatoms. The maximum absolute atomic E-state index is 13.4. The topological polar surface area (TPSA) is 55.8 Å². The van der Waals surface area contributed by atoms with Gasteiger partial charge < -0.3 is 9.47 Å². The van der Waals surface area contributed by atoms with Crippen molar-refractivity contribution in [1.82, 2.24) is 0 Å². The summed E-state index contributed by atoms with van der Waals surface area (Å²) in [5.41, 5.74) is 2.35. The molecule has 0 N–H and O–H groups in total. The van der Waals surface area contributed by atoms with Gasteiger partial charge in [-0.1, -0.05) is 41.9 Å². The van der Waals surface area contributed by atoms with Crippen LogP contribution in [-0.2, 0) is 14.3 Å². The molecule has 166 valence electrons. The van der Waals surface area contributed by atoms with Crippen LogP contribution in [0.4, 0.5) is 5.69 Å². The molecule has 0 atom stereocenters. The summed E-state index contributed by atoms with van der Waals surface area (Å²) >= 11 is 6.01. The van der Waals surface area contributed by atoms with Gasteiger partial charge in [0.1, 0.15) is 11.5 Å². The van der Waals surface area contributed by atoms with Gasteiger partial charge in [0.15, 0.2) is 0 Å². The van der Waals surface area contributed by atoms with Crippen molar-refractivity contribution in [1.29, 1.82) is 0 Å². The third-order valence-electron chi connectivity index (χ3n) is 5.11. The van der Waals surface area contributed by atoms with Crippen molar-refractivity contribution in [2.75, 3.05) is 11.5 Å². The predicted molar refractivity (Wildman–Crippen MR) is 129 cm³/mol. The number of allylic oxidation sites excluding steroid dienone is 1. The number of hydrogen-bond donors (Lipinski definition) is 0. The van der Waals surface area contributed by atoms with E-state index in [0.717, 1.165) is 5.56 Å². The Labute approximate surface area is 197 Å². The highest BCUT2D eigenvalue weighted by Gasteiger charge is 2.38. The molecular weight excluding hydrogens is 438 g/mol. The molecule has 3 aromatic carbocycles. The fraction of sp³-hybridized carbons (Fsp3) is 0.111. The molecule has 0 saturated heterocycles. The van der Waals surface area contributed by atoms with E-state index in [1.165, 1.54) is 4.90 Å². The van der Waals surface area contributed by atoms with Gasteiger partial charge in [0.05, 0.1) is 17.8 Å². The van der Waals surface area contributed by atoms with Crippen LogP contribution in [0, 0.1) is 0 Å². The van der Waals surface area contributed by atoms with E-state index in [0.29, 0.717) is 27.9 Å². The SMILES string of the molecule is CCOC(=O)C1=C(C)N(c2ccc(Cl)cc2)C(=O)/C1=C\c1cccc(Oc2ccccc2)c1. The van der Waals surface area contributed by atoms with E-state index < -0.39 is 5.97 Å². The molecule has 0 aromatic heterocycles. The summed E-state index contributed by atoms with van der Waals surface area (Å²) in [4.78, 5) is 27.7. The molecule has 0 aliphatic carbocycles. The number of carbonyl (C=O) groups excluding carboxylic acids is 2. The van der Waals surface area contributed by atoms with Crippen LogP contribution in [0.3, 0.4) is 0 Å². The number of amides is 1. The summed E-state index contributed by atoms with van der Waals surface area (Å²) in [6.45, 7) is 3.67. The molecule has 33 heavy (non-hydrogen) atoms. The summed E-state index contributed by atoms with van der Waals surface area (Å²) in [6.07, 6.45) is 1.69. The highest BCUT2D eigenvalue weighted by Crippen LogP contribution is 2.36. The van der Waals surface area contributed by atoms with Gasteiger partial charge >= 0.3 is 5.97 Å². The first-order valence-corrected chi connectivity index (χ1v) is 10.9. The molecule has 0 radical (unpaired) electrons. The minimum Gasteiger partial charge on any atom is -0.462 e. The van der Waals surface area contributed by atoms with E-state index in [-0.39, 0.29) is 23.7 Å². The van der Waals surface area contributed by atoms with Crippen molar-refractivity contribution >= 4 is 35.2 Å². The Kier molecular flexibility index (Phi) is 6.61. The second-order valence-electron chi connectivity index (χ2n) is 7.34. The van der Waals surface area contributed by atoms with Gasteiger partial charge in [-0.3, -0.25) is 9.69 Å². The number of ether oxygens (including phenoxy) is 2. The number of hydrogen-bond acceptors (Lipinski definition) is 4. The highest BCUT2D eigenvalue weighted by molar-refractivity contribution is 6.30. The van der Waals surface area contributed by atoms with Crippen molar-refractivity contribution in [2.24, 2.45) is 0 Å². The fourth-order valence-electron chi connectivity index (χ4n) is 3.64. The van der Waals surface area contributed by atoms with Gasteiger partial charge in [-0.15, -0.1) is 0 Å². The molecule has 0 fully saturated rings. The van der Waals surface area contributed by atoms with Gasteiger partial charge in [-0.25, -0.2) is 4.79 Å². The zero-order valence-electron chi connectivity index (χ0n) is 18.2. The van der Waals surface area contributed by atoms with Crippen molar-refractivity contribution < 1.29 is 19.1 Å². The van der Waals surface area contributed by atoms with Crippen molar-refractivity contribution in [3.63, 3.8) is 0 Å². The maximum Gasteiger partial charge on any atom is 0.340 e. The lowest BCUT2D eigenvalue weighted by Gasteiger charge is -2.18. The molecule has 3 aromatic rings. The number of nitrogens with zero attached hydrogens (tertiary/aromatic N) is 1. The van der Waals surface area contributed by atoms with Gasteiger partial charge in [-0.05, 0) is 74.0 Å². The Morgan fingerprint density at radius 2 is 1.67 bits per heavy atom. The summed E-state index contributed by atoms with van der Waals surface area (Å²) in [7, 11) is 0. The number of carbonyl (C=O) groups is 2. The first kappa shape index (κ1) is 22.4. The molecule has 1 aliphatic rings. The van der Waals surface area contributed by atoms with E-state index in [2.05, 4.69) is 0 Å². The van der Waals surface area contributed by atoms with Gasteiger partial charge in [0.25, 0.3) is 5.91 Å². The number of halogens is 1. The van der Waals surface area contributed by atoms with Crippen molar-refractivity contribution in [2.45, 2.75) is 13.8 Å². The molecule has 5 nitrogen and oxygen atoms in total. The summed E-state index contributed by atoms with van der Waals surface area (Å²) < 4.78 is 11.2. The number of para-hydroxylation sites is 1. The van der Waals surface area contributed by atoms with Crippen LogP contribution in [0.15, 0.2) is 95.7 Å². The van der Waals surface area contributed by atoms with Crippen LogP contribution in [0.25, 0.3) is 6.08 Å². The number of rotatable bonds is 6. The van der Waals surface area contributed by atoms with Gasteiger partial charge in [0.2, 0.25) is 0 Å². The van der Waals surface area contributed by atoms with Crippen LogP contribution in [0.5, 0.6) is 11.5 Å². The van der Waals surface area contributed by atoms with Crippen LogP contribution >= 0.6 is 11.6 Å². The first-order chi connectivity index (χ1) is 16.0. The van der Waals surface area contributed by atoms with Crippen LogP contribution < -0.4 is 9.64 Å². The smallest absolute Gasteiger partial charge is 0.340 e. The third kappa shape index (κ3) is 4.83. The Balaban J connectivity index is 1.73. The maximum atomic E-state index is 13.4. The minimum absolute atomic E-state index is 0.207. The average Bonchev–Trinajstić information content (AvgIpc) is 3.05. The Morgan fingerprint density at radius 3 is 2.36 bits per heavy atom. The number of anilines is 1. The van der Waals surface area contributed by atoms with Crippen molar-refractivity contribution in [3.8, 4) is 11.5 Å². The Morgan fingerprint density at radius 1 is 0.970 bits per heavy atom. The largest absolute Gasteiger partial charge is 0.462 e. The molecular formula is C27H22ClNO4. The van der Waals surface area contributed by atoms with Crippen LogP contribution in [-0.4, -0.2) is 18.5 Å². The summed E-state index contributed by atoms with van der Waals surface area (Å²) in [5.74, 6) is 0.472. The lowest BCUT2D eigenvalue weighted by Crippen LogP contribution is -2.24.